The molecule has 1 aliphatic rings. The first kappa shape index (κ1) is 20.7. The van der Waals surface area contributed by atoms with E-state index in [2.05, 4.69) is 5.16 Å². The molecular weight excluding hydrogens is 395 g/mol. The molecule has 28 heavy (non-hydrogen) atoms. The Morgan fingerprint density at radius 3 is 2.61 bits per heavy atom. The van der Waals surface area contributed by atoms with E-state index in [0.29, 0.717) is 41.9 Å². The van der Waals surface area contributed by atoms with Gasteiger partial charge in [-0.1, -0.05) is 66.5 Å². The van der Waals surface area contributed by atoms with Crippen molar-refractivity contribution in [3.8, 4) is 0 Å². The van der Waals surface area contributed by atoms with Gasteiger partial charge in [-0.15, -0.1) is 0 Å². The molecule has 0 N–H and O–H groups in total. The molecule has 0 fully saturated rings. The SMILES string of the molecule is CC(C)CC(=O)N(Cc1cccc(Cl)c1)C[C@H]1CC(c2ccc(Cl)cc2)=NO1. The average Bonchev–Trinajstić information content (AvgIpc) is 3.10. The number of nitrogens with zero attached hydrogens (tertiary/aromatic N) is 2. The van der Waals surface area contributed by atoms with Crippen LogP contribution in [0.2, 0.25) is 10.0 Å². The van der Waals surface area contributed by atoms with Crippen molar-refractivity contribution in [2.45, 2.75) is 39.3 Å². The highest BCUT2D eigenvalue weighted by atomic mass is 35.5. The number of rotatable bonds is 7. The van der Waals surface area contributed by atoms with Crippen LogP contribution in [0.1, 0.15) is 37.8 Å². The number of hydrogen-bond donors (Lipinski definition) is 0. The minimum atomic E-state index is -0.166. The van der Waals surface area contributed by atoms with Crippen LogP contribution in [0.15, 0.2) is 53.7 Å². The van der Waals surface area contributed by atoms with Crippen LogP contribution in [0.25, 0.3) is 0 Å². The molecule has 4 nitrogen and oxygen atoms in total. The number of halogens is 2. The van der Waals surface area contributed by atoms with E-state index in [-0.39, 0.29) is 12.0 Å². The number of benzene rings is 2. The van der Waals surface area contributed by atoms with Crippen molar-refractivity contribution >= 4 is 34.8 Å². The second kappa shape index (κ2) is 9.44. The lowest BCUT2D eigenvalue weighted by Crippen LogP contribution is -2.37. The molecule has 0 bridgehead atoms. The standard InChI is InChI=1S/C22H24Cl2N2O2/c1-15(2)10-22(27)26(13-16-4-3-5-19(24)11-16)14-20-12-21(25-28-20)17-6-8-18(23)9-7-17/h3-9,11,15,20H,10,12-14H2,1-2H3/t20-/m1/s1. The van der Waals surface area contributed by atoms with E-state index in [9.17, 15) is 4.79 Å². The topological polar surface area (TPSA) is 41.9 Å². The van der Waals surface area contributed by atoms with Gasteiger partial charge in [0.2, 0.25) is 5.91 Å². The number of carbonyl (C=O) groups excluding carboxylic acids is 1. The summed E-state index contributed by atoms with van der Waals surface area (Å²) in [6.07, 6.45) is 0.988. The molecule has 1 atom stereocenters. The molecular formula is C22H24Cl2N2O2. The van der Waals surface area contributed by atoms with Gasteiger partial charge in [-0.05, 0) is 41.3 Å². The summed E-state index contributed by atoms with van der Waals surface area (Å²) in [6.45, 7) is 5.08. The summed E-state index contributed by atoms with van der Waals surface area (Å²) in [5, 5.41) is 5.58. The van der Waals surface area contributed by atoms with Gasteiger partial charge in [0.05, 0.1) is 12.3 Å². The Labute approximate surface area is 176 Å². The summed E-state index contributed by atoms with van der Waals surface area (Å²) < 4.78 is 0. The first-order chi connectivity index (χ1) is 13.4. The van der Waals surface area contributed by atoms with Crippen molar-refractivity contribution in [2.75, 3.05) is 6.54 Å². The maximum Gasteiger partial charge on any atom is 0.223 e. The molecule has 2 aromatic carbocycles. The fourth-order valence-electron chi connectivity index (χ4n) is 3.17. The zero-order valence-electron chi connectivity index (χ0n) is 16.1. The molecule has 0 saturated carbocycles. The smallest absolute Gasteiger partial charge is 0.223 e. The van der Waals surface area contributed by atoms with Crippen molar-refractivity contribution in [3.63, 3.8) is 0 Å². The van der Waals surface area contributed by atoms with Crippen molar-refractivity contribution in [1.29, 1.82) is 0 Å². The zero-order chi connectivity index (χ0) is 20.1. The van der Waals surface area contributed by atoms with Gasteiger partial charge in [0.25, 0.3) is 0 Å². The summed E-state index contributed by atoms with van der Waals surface area (Å²) >= 11 is 12.1. The Morgan fingerprint density at radius 2 is 1.93 bits per heavy atom. The van der Waals surface area contributed by atoms with E-state index in [4.69, 9.17) is 28.0 Å². The van der Waals surface area contributed by atoms with E-state index >= 15 is 0 Å². The van der Waals surface area contributed by atoms with E-state index in [1.807, 2.05) is 67.3 Å². The fourth-order valence-corrected chi connectivity index (χ4v) is 3.51. The van der Waals surface area contributed by atoms with Crippen LogP contribution >= 0.6 is 23.2 Å². The number of carbonyl (C=O) groups is 1. The second-order valence-corrected chi connectivity index (χ2v) is 8.35. The number of hydrogen-bond acceptors (Lipinski definition) is 3. The van der Waals surface area contributed by atoms with E-state index in [0.717, 1.165) is 16.8 Å². The van der Waals surface area contributed by atoms with Gasteiger partial charge < -0.3 is 9.74 Å². The van der Waals surface area contributed by atoms with Crippen LogP contribution in [-0.2, 0) is 16.2 Å². The normalized spacial score (nSPS) is 16.0. The summed E-state index contributed by atoms with van der Waals surface area (Å²) in [7, 11) is 0. The van der Waals surface area contributed by atoms with E-state index < -0.39 is 0 Å². The minimum Gasteiger partial charge on any atom is -0.390 e. The maximum absolute atomic E-state index is 12.8. The lowest BCUT2D eigenvalue weighted by molar-refractivity contribution is -0.134. The second-order valence-electron chi connectivity index (χ2n) is 7.48. The molecule has 0 unspecified atom stereocenters. The quantitative estimate of drug-likeness (QED) is 0.590. The largest absolute Gasteiger partial charge is 0.390 e. The molecule has 2 aromatic rings. The molecule has 0 radical (unpaired) electrons. The molecule has 3 rings (SSSR count). The predicted octanol–water partition coefficient (Wildman–Crippen LogP) is 5.56. The van der Waals surface area contributed by atoms with Crippen molar-refractivity contribution in [3.05, 3.63) is 69.7 Å². The summed E-state index contributed by atoms with van der Waals surface area (Å²) in [5.41, 5.74) is 2.86. The molecule has 1 aliphatic heterocycles. The zero-order valence-corrected chi connectivity index (χ0v) is 17.6. The van der Waals surface area contributed by atoms with Crippen LogP contribution in [0.3, 0.4) is 0 Å². The third kappa shape index (κ3) is 5.73. The van der Waals surface area contributed by atoms with Gasteiger partial charge in [-0.25, -0.2) is 0 Å². The summed E-state index contributed by atoms with van der Waals surface area (Å²) in [6, 6.07) is 15.1. The molecule has 148 valence electrons. The van der Waals surface area contributed by atoms with Gasteiger partial charge >= 0.3 is 0 Å². The monoisotopic (exact) mass is 418 g/mol. The Kier molecular flexibility index (Phi) is 6.97. The van der Waals surface area contributed by atoms with Crippen LogP contribution in [-0.4, -0.2) is 29.2 Å². The van der Waals surface area contributed by atoms with E-state index in [1.54, 1.807) is 0 Å². The first-order valence-electron chi connectivity index (χ1n) is 9.41. The molecule has 0 saturated heterocycles. The van der Waals surface area contributed by atoms with Crippen molar-refractivity contribution < 1.29 is 9.63 Å². The molecule has 1 amide bonds. The van der Waals surface area contributed by atoms with Crippen molar-refractivity contribution in [1.82, 2.24) is 4.90 Å². The first-order valence-corrected chi connectivity index (χ1v) is 10.2. The van der Waals surface area contributed by atoms with Crippen LogP contribution in [0.5, 0.6) is 0 Å². The Hall–Kier alpha value is -2.04. The maximum atomic E-state index is 12.8. The molecule has 6 heteroatoms. The summed E-state index contributed by atoms with van der Waals surface area (Å²) in [4.78, 5) is 20.3. The highest BCUT2D eigenvalue weighted by Gasteiger charge is 2.27. The third-order valence-electron chi connectivity index (χ3n) is 4.53. The summed E-state index contributed by atoms with van der Waals surface area (Å²) in [5.74, 6) is 0.401. The van der Waals surface area contributed by atoms with Gasteiger partial charge in [0, 0.05) is 29.4 Å². The lowest BCUT2D eigenvalue weighted by atomic mass is 10.0. The molecule has 0 aliphatic carbocycles. The minimum absolute atomic E-state index is 0.110. The van der Waals surface area contributed by atoms with Gasteiger partial charge in [-0.3, -0.25) is 4.79 Å². The van der Waals surface area contributed by atoms with Crippen molar-refractivity contribution in [2.24, 2.45) is 11.1 Å². The Balaban J connectivity index is 1.67. The molecule has 1 heterocycles. The number of amides is 1. The molecule has 0 aromatic heterocycles. The van der Waals surface area contributed by atoms with Gasteiger partial charge in [-0.2, -0.15) is 0 Å². The number of oxime groups is 1. The van der Waals surface area contributed by atoms with E-state index in [1.165, 1.54) is 0 Å². The highest BCUT2D eigenvalue weighted by molar-refractivity contribution is 6.31. The lowest BCUT2D eigenvalue weighted by Gasteiger charge is -2.26. The van der Waals surface area contributed by atoms with Crippen LogP contribution < -0.4 is 0 Å². The van der Waals surface area contributed by atoms with Crippen LogP contribution in [0, 0.1) is 5.92 Å². The van der Waals surface area contributed by atoms with Gasteiger partial charge in [0.1, 0.15) is 0 Å². The fraction of sp³-hybridized carbons (Fsp3) is 0.364. The third-order valence-corrected chi connectivity index (χ3v) is 5.02. The Morgan fingerprint density at radius 1 is 1.18 bits per heavy atom. The average molecular weight is 419 g/mol. The molecule has 0 spiro atoms. The highest BCUT2D eigenvalue weighted by Crippen LogP contribution is 2.21. The van der Waals surface area contributed by atoms with Crippen LogP contribution in [0.4, 0.5) is 0 Å². The van der Waals surface area contributed by atoms with Gasteiger partial charge in [0.15, 0.2) is 6.10 Å². The predicted molar refractivity (Wildman–Crippen MR) is 114 cm³/mol. The Bertz CT molecular complexity index is 850.